The monoisotopic (exact) mass is 255 g/mol. The molecule has 0 unspecified atom stereocenters. The standard InChI is InChI=1S/C12H21N3O3/c1-9(2)18-6-5-13-8-10-7-11(16)15(4)12(17)14(10)3/h7,9,13H,5-6,8H2,1-4H3. The van der Waals surface area contributed by atoms with Gasteiger partial charge in [-0.2, -0.15) is 0 Å². The third-order valence-electron chi connectivity index (χ3n) is 2.66. The second kappa shape index (κ2) is 6.51. The summed E-state index contributed by atoms with van der Waals surface area (Å²) in [4.78, 5) is 23.2. The molecule has 6 nitrogen and oxygen atoms in total. The number of ether oxygens (including phenoxy) is 1. The van der Waals surface area contributed by atoms with Crippen LogP contribution in [-0.2, 0) is 25.4 Å². The molecule has 0 radical (unpaired) electrons. The van der Waals surface area contributed by atoms with Crippen molar-refractivity contribution < 1.29 is 4.74 Å². The molecule has 1 aromatic heterocycles. The van der Waals surface area contributed by atoms with Gasteiger partial charge in [0.05, 0.1) is 12.7 Å². The lowest BCUT2D eigenvalue weighted by atomic mass is 10.4. The molecule has 0 aliphatic carbocycles. The molecule has 0 spiro atoms. The van der Waals surface area contributed by atoms with E-state index in [0.29, 0.717) is 25.4 Å². The Kier molecular flexibility index (Phi) is 5.30. The molecule has 0 fully saturated rings. The molecule has 1 aromatic rings. The summed E-state index contributed by atoms with van der Waals surface area (Å²) < 4.78 is 7.94. The number of nitrogens with one attached hydrogen (secondary N) is 1. The predicted molar refractivity (Wildman–Crippen MR) is 69.7 cm³/mol. The van der Waals surface area contributed by atoms with E-state index in [1.54, 1.807) is 7.05 Å². The summed E-state index contributed by atoms with van der Waals surface area (Å²) in [7, 11) is 3.13. The first-order valence-electron chi connectivity index (χ1n) is 6.01. The second-order valence-electron chi connectivity index (χ2n) is 4.47. The number of rotatable bonds is 6. The maximum atomic E-state index is 11.7. The maximum absolute atomic E-state index is 11.7. The van der Waals surface area contributed by atoms with Crippen molar-refractivity contribution >= 4 is 0 Å². The van der Waals surface area contributed by atoms with Gasteiger partial charge in [0.25, 0.3) is 5.56 Å². The van der Waals surface area contributed by atoms with Crippen molar-refractivity contribution in [2.75, 3.05) is 13.2 Å². The molecule has 0 saturated heterocycles. The molecule has 102 valence electrons. The molecular weight excluding hydrogens is 234 g/mol. The van der Waals surface area contributed by atoms with E-state index in [9.17, 15) is 9.59 Å². The Morgan fingerprint density at radius 2 is 1.94 bits per heavy atom. The lowest BCUT2D eigenvalue weighted by molar-refractivity contribution is 0.0806. The molecule has 0 aliphatic rings. The zero-order chi connectivity index (χ0) is 13.7. The normalized spacial score (nSPS) is 11.2. The smallest absolute Gasteiger partial charge is 0.330 e. The molecule has 0 atom stereocenters. The van der Waals surface area contributed by atoms with E-state index >= 15 is 0 Å². The van der Waals surface area contributed by atoms with E-state index in [-0.39, 0.29) is 17.4 Å². The maximum Gasteiger partial charge on any atom is 0.330 e. The Hall–Kier alpha value is -1.40. The van der Waals surface area contributed by atoms with Gasteiger partial charge in [-0.25, -0.2) is 4.79 Å². The molecule has 1 rings (SSSR count). The Morgan fingerprint density at radius 1 is 1.28 bits per heavy atom. The summed E-state index contributed by atoms with van der Waals surface area (Å²) in [6, 6.07) is 1.47. The van der Waals surface area contributed by atoms with Crippen LogP contribution in [-0.4, -0.2) is 28.4 Å². The Bertz CT molecular complexity index is 502. The van der Waals surface area contributed by atoms with Crippen molar-refractivity contribution in [2.24, 2.45) is 14.1 Å². The summed E-state index contributed by atoms with van der Waals surface area (Å²) in [6.45, 7) is 5.72. The highest BCUT2D eigenvalue weighted by molar-refractivity contribution is 5.01. The third kappa shape index (κ3) is 3.82. The fourth-order valence-electron chi connectivity index (χ4n) is 1.53. The van der Waals surface area contributed by atoms with Crippen molar-refractivity contribution in [3.8, 4) is 0 Å². The fraction of sp³-hybridized carbons (Fsp3) is 0.667. The molecule has 0 aliphatic heterocycles. The zero-order valence-electron chi connectivity index (χ0n) is 11.4. The minimum absolute atomic E-state index is 0.208. The molecule has 0 aromatic carbocycles. The van der Waals surface area contributed by atoms with E-state index < -0.39 is 0 Å². The first-order valence-corrected chi connectivity index (χ1v) is 6.01. The van der Waals surface area contributed by atoms with Crippen LogP contribution in [0.25, 0.3) is 0 Å². The van der Waals surface area contributed by atoms with Crippen LogP contribution in [0.15, 0.2) is 15.7 Å². The second-order valence-corrected chi connectivity index (χ2v) is 4.47. The Labute approximate surface area is 106 Å². The Balaban J connectivity index is 2.59. The van der Waals surface area contributed by atoms with Crippen LogP contribution in [0.3, 0.4) is 0 Å². The summed E-state index contributed by atoms with van der Waals surface area (Å²) in [6.07, 6.45) is 0.208. The van der Waals surface area contributed by atoms with Gasteiger partial charge in [0.15, 0.2) is 0 Å². The van der Waals surface area contributed by atoms with Gasteiger partial charge in [-0.1, -0.05) is 0 Å². The van der Waals surface area contributed by atoms with Crippen LogP contribution in [0.2, 0.25) is 0 Å². The van der Waals surface area contributed by atoms with Crippen LogP contribution in [0, 0.1) is 0 Å². The number of hydrogen-bond donors (Lipinski definition) is 1. The number of hydrogen-bond acceptors (Lipinski definition) is 4. The van der Waals surface area contributed by atoms with Gasteiger partial charge >= 0.3 is 5.69 Å². The van der Waals surface area contributed by atoms with Gasteiger partial charge in [-0.05, 0) is 13.8 Å². The molecule has 1 N–H and O–H groups in total. The van der Waals surface area contributed by atoms with E-state index in [1.807, 2.05) is 13.8 Å². The average Bonchev–Trinajstić information content (AvgIpc) is 2.32. The quantitative estimate of drug-likeness (QED) is 0.702. The molecule has 0 bridgehead atoms. The van der Waals surface area contributed by atoms with Gasteiger partial charge in [-0.3, -0.25) is 13.9 Å². The lowest BCUT2D eigenvalue weighted by Gasteiger charge is -2.11. The highest BCUT2D eigenvalue weighted by Crippen LogP contribution is 1.90. The predicted octanol–water partition coefficient (Wildman–Crippen LogP) is -0.401. The summed E-state index contributed by atoms with van der Waals surface area (Å²) in [5.74, 6) is 0. The van der Waals surface area contributed by atoms with Gasteiger partial charge in [0.2, 0.25) is 0 Å². The van der Waals surface area contributed by atoms with E-state index in [2.05, 4.69) is 5.32 Å². The average molecular weight is 255 g/mol. The summed E-state index contributed by atoms with van der Waals surface area (Å²) in [5, 5.41) is 3.14. The molecule has 6 heteroatoms. The van der Waals surface area contributed by atoms with Gasteiger partial charge in [-0.15, -0.1) is 0 Å². The van der Waals surface area contributed by atoms with Crippen molar-refractivity contribution in [3.63, 3.8) is 0 Å². The lowest BCUT2D eigenvalue weighted by Crippen LogP contribution is -2.39. The summed E-state index contributed by atoms with van der Waals surface area (Å²) in [5.41, 5.74) is 0.0821. The molecule has 1 heterocycles. The highest BCUT2D eigenvalue weighted by Gasteiger charge is 2.05. The van der Waals surface area contributed by atoms with Crippen molar-refractivity contribution in [3.05, 3.63) is 32.6 Å². The van der Waals surface area contributed by atoms with Gasteiger partial charge < -0.3 is 10.1 Å². The van der Waals surface area contributed by atoms with Gasteiger partial charge in [0, 0.05) is 38.9 Å². The van der Waals surface area contributed by atoms with Crippen molar-refractivity contribution in [2.45, 2.75) is 26.5 Å². The number of nitrogens with zero attached hydrogens (tertiary/aromatic N) is 2. The highest BCUT2D eigenvalue weighted by atomic mass is 16.5. The molecule has 18 heavy (non-hydrogen) atoms. The van der Waals surface area contributed by atoms with Crippen LogP contribution in [0.5, 0.6) is 0 Å². The molecular formula is C12H21N3O3. The van der Waals surface area contributed by atoms with Crippen molar-refractivity contribution in [1.82, 2.24) is 14.5 Å². The van der Waals surface area contributed by atoms with Crippen LogP contribution in [0.4, 0.5) is 0 Å². The minimum Gasteiger partial charge on any atom is -0.377 e. The Morgan fingerprint density at radius 3 is 2.56 bits per heavy atom. The summed E-state index contributed by atoms with van der Waals surface area (Å²) >= 11 is 0. The van der Waals surface area contributed by atoms with Crippen LogP contribution < -0.4 is 16.6 Å². The first kappa shape index (κ1) is 14.7. The zero-order valence-corrected chi connectivity index (χ0v) is 11.4. The van der Waals surface area contributed by atoms with Crippen molar-refractivity contribution in [1.29, 1.82) is 0 Å². The fourth-order valence-corrected chi connectivity index (χ4v) is 1.53. The number of aromatic nitrogens is 2. The van der Waals surface area contributed by atoms with E-state index in [4.69, 9.17) is 4.74 Å². The first-order chi connectivity index (χ1) is 8.43. The topological polar surface area (TPSA) is 65.3 Å². The SMILES string of the molecule is CC(C)OCCNCc1cc(=O)n(C)c(=O)n1C. The van der Waals surface area contributed by atoms with Crippen LogP contribution in [0.1, 0.15) is 19.5 Å². The van der Waals surface area contributed by atoms with E-state index in [0.717, 1.165) is 4.57 Å². The largest absolute Gasteiger partial charge is 0.377 e. The minimum atomic E-state index is -0.308. The third-order valence-corrected chi connectivity index (χ3v) is 2.66. The van der Waals surface area contributed by atoms with E-state index in [1.165, 1.54) is 17.7 Å². The molecule has 0 amide bonds. The molecule has 0 saturated carbocycles. The van der Waals surface area contributed by atoms with Crippen LogP contribution >= 0.6 is 0 Å². The van der Waals surface area contributed by atoms with Gasteiger partial charge in [0.1, 0.15) is 0 Å².